The summed E-state index contributed by atoms with van der Waals surface area (Å²) < 4.78 is 1.97. The molecule has 3 aromatic heterocycles. The molecule has 0 bridgehead atoms. The Labute approximate surface area is 190 Å². The number of carbonyl (C=O) groups is 2. The molecule has 2 atom stereocenters. The van der Waals surface area contributed by atoms with Gasteiger partial charge in [-0.2, -0.15) is 0 Å². The Morgan fingerprint density at radius 2 is 1.94 bits per heavy atom. The number of likely N-dealkylation sites (tertiary alicyclic amines) is 1. The molecule has 0 radical (unpaired) electrons. The van der Waals surface area contributed by atoms with Gasteiger partial charge in [0.1, 0.15) is 23.5 Å². The van der Waals surface area contributed by atoms with Gasteiger partial charge in [0.05, 0.1) is 5.56 Å². The number of aromatic nitrogens is 6. The van der Waals surface area contributed by atoms with Gasteiger partial charge in [0, 0.05) is 43.9 Å². The van der Waals surface area contributed by atoms with Crippen LogP contribution in [0.2, 0.25) is 0 Å². The van der Waals surface area contributed by atoms with Crippen LogP contribution in [-0.2, 0) is 16.1 Å². The molecule has 2 aliphatic rings. The first kappa shape index (κ1) is 21.2. The minimum Gasteiger partial charge on any atom is -0.480 e. The number of aryl methyl sites for hydroxylation is 2. The van der Waals surface area contributed by atoms with E-state index >= 15 is 0 Å². The molecule has 11 heteroatoms. The van der Waals surface area contributed by atoms with E-state index in [9.17, 15) is 14.7 Å². The zero-order valence-corrected chi connectivity index (χ0v) is 18.8. The van der Waals surface area contributed by atoms with Crippen molar-refractivity contribution in [3.05, 3.63) is 24.5 Å². The van der Waals surface area contributed by atoms with Gasteiger partial charge in [-0.25, -0.2) is 29.7 Å². The van der Waals surface area contributed by atoms with Crippen molar-refractivity contribution in [3.63, 3.8) is 0 Å². The lowest BCUT2D eigenvalue weighted by atomic mass is 9.97. The third kappa shape index (κ3) is 3.57. The van der Waals surface area contributed by atoms with Crippen molar-refractivity contribution in [2.75, 3.05) is 11.9 Å². The SMILES string of the molecule is CCn1c(-c2cnc(C)nc2)nc2c(NC3CN(C(=O)C4CC4)[C@@](C)(C(=O)O)C3)ncnc21. The van der Waals surface area contributed by atoms with Crippen molar-refractivity contribution < 1.29 is 14.7 Å². The molecule has 3 aromatic rings. The maximum atomic E-state index is 12.8. The number of anilines is 1. The lowest BCUT2D eigenvalue weighted by Gasteiger charge is -2.30. The number of carboxylic acids is 1. The molecule has 172 valence electrons. The molecular weight excluding hydrogens is 424 g/mol. The maximum absolute atomic E-state index is 12.8. The number of nitrogens with zero attached hydrogens (tertiary/aromatic N) is 7. The molecule has 5 rings (SSSR count). The van der Waals surface area contributed by atoms with Crippen LogP contribution in [-0.4, -0.2) is 69.5 Å². The molecule has 2 N–H and O–H groups in total. The van der Waals surface area contributed by atoms with Gasteiger partial charge in [-0.1, -0.05) is 0 Å². The highest BCUT2D eigenvalue weighted by atomic mass is 16.4. The summed E-state index contributed by atoms with van der Waals surface area (Å²) in [7, 11) is 0. The van der Waals surface area contributed by atoms with Gasteiger partial charge >= 0.3 is 5.97 Å². The van der Waals surface area contributed by atoms with E-state index in [2.05, 4.69) is 25.3 Å². The fraction of sp³-hybridized carbons (Fsp3) is 0.500. The summed E-state index contributed by atoms with van der Waals surface area (Å²) in [6, 6.07) is -0.273. The lowest BCUT2D eigenvalue weighted by Crippen LogP contribution is -2.51. The average molecular weight is 451 g/mol. The Bertz CT molecular complexity index is 1240. The summed E-state index contributed by atoms with van der Waals surface area (Å²) in [6.45, 7) is 6.39. The smallest absolute Gasteiger partial charge is 0.329 e. The third-order valence-corrected chi connectivity index (χ3v) is 6.52. The second-order valence-corrected chi connectivity index (χ2v) is 8.94. The van der Waals surface area contributed by atoms with Gasteiger partial charge in [0.2, 0.25) is 5.91 Å². The molecule has 1 aliphatic heterocycles. The molecule has 1 aliphatic carbocycles. The van der Waals surface area contributed by atoms with Crippen LogP contribution in [0, 0.1) is 12.8 Å². The second-order valence-electron chi connectivity index (χ2n) is 8.94. The highest BCUT2D eigenvalue weighted by Crippen LogP contribution is 2.39. The zero-order valence-electron chi connectivity index (χ0n) is 18.8. The van der Waals surface area contributed by atoms with Crippen LogP contribution < -0.4 is 5.32 Å². The minimum absolute atomic E-state index is 0.0484. The Kier molecular flexibility index (Phi) is 4.98. The van der Waals surface area contributed by atoms with Crippen LogP contribution in [0.3, 0.4) is 0 Å². The number of nitrogens with one attached hydrogen (secondary N) is 1. The predicted molar refractivity (Wildman–Crippen MR) is 119 cm³/mol. The van der Waals surface area contributed by atoms with Crippen molar-refractivity contribution in [3.8, 4) is 11.4 Å². The van der Waals surface area contributed by atoms with Crippen LogP contribution in [0.5, 0.6) is 0 Å². The van der Waals surface area contributed by atoms with E-state index in [0.29, 0.717) is 41.7 Å². The first-order chi connectivity index (χ1) is 15.8. The molecule has 1 saturated heterocycles. The standard InChI is InChI=1S/C22H26N8O3/c1-4-29-18(14-8-23-12(2)24-9-14)28-16-17(25-11-26-19(16)29)27-15-7-22(3,21(32)33)30(10-15)20(31)13-5-6-13/h8-9,11,13,15H,4-7,10H2,1-3H3,(H,32,33)(H,25,26,27)/t15?,22-/m1/s1. The molecular formula is C22H26N8O3. The summed E-state index contributed by atoms with van der Waals surface area (Å²) in [6.07, 6.45) is 6.86. The topological polar surface area (TPSA) is 139 Å². The van der Waals surface area contributed by atoms with Gasteiger partial charge in [-0.3, -0.25) is 4.79 Å². The molecule has 1 unspecified atom stereocenters. The van der Waals surface area contributed by atoms with Gasteiger partial charge in [-0.15, -0.1) is 0 Å². The normalized spacial score (nSPS) is 22.6. The number of hydrogen-bond donors (Lipinski definition) is 2. The summed E-state index contributed by atoms with van der Waals surface area (Å²) in [4.78, 5) is 48.6. The number of hydrogen-bond acceptors (Lipinski definition) is 8. The van der Waals surface area contributed by atoms with Crippen LogP contribution in [0.25, 0.3) is 22.6 Å². The van der Waals surface area contributed by atoms with E-state index in [0.717, 1.165) is 18.4 Å². The molecule has 0 spiro atoms. The summed E-state index contributed by atoms with van der Waals surface area (Å²) in [5, 5.41) is 13.2. The molecule has 1 amide bonds. The number of amides is 1. The van der Waals surface area contributed by atoms with Crippen molar-refractivity contribution in [2.45, 2.75) is 58.2 Å². The Morgan fingerprint density at radius 1 is 1.21 bits per heavy atom. The van der Waals surface area contributed by atoms with Crippen molar-refractivity contribution >= 4 is 28.9 Å². The van der Waals surface area contributed by atoms with Crippen LogP contribution in [0.15, 0.2) is 18.7 Å². The number of carbonyl (C=O) groups excluding carboxylic acids is 1. The van der Waals surface area contributed by atoms with Crippen molar-refractivity contribution in [1.82, 2.24) is 34.4 Å². The van der Waals surface area contributed by atoms with Crippen molar-refractivity contribution in [2.24, 2.45) is 5.92 Å². The molecule has 0 aromatic carbocycles. The van der Waals surface area contributed by atoms with Crippen LogP contribution >= 0.6 is 0 Å². The fourth-order valence-corrected chi connectivity index (χ4v) is 4.52. The van der Waals surface area contributed by atoms with Crippen LogP contribution in [0.1, 0.15) is 38.9 Å². The highest BCUT2D eigenvalue weighted by Gasteiger charge is 2.52. The molecule has 4 heterocycles. The fourth-order valence-electron chi connectivity index (χ4n) is 4.52. The average Bonchev–Trinajstić information content (AvgIpc) is 3.49. The quantitative estimate of drug-likeness (QED) is 0.576. The molecule has 1 saturated carbocycles. The number of rotatable bonds is 6. The van der Waals surface area contributed by atoms with E-state index in [1.807, 2.05) is 18.4 Å². The van der Waals surface area contributed by atoms with Gasteiger partial charge in [0.25, 0.3) is 0 Å². The first-order valence-corrected chi connectivity index (χ1v) is 11.1. The Balaban J connectivity index is 1.49. The largest absolute Gasteiger partial charge is 0.480 e. The maximum Gasteiger partial charge on any atom is 0.329 e. The van der Waals surface area contributed by atoms with Gasteiger partial charge in [-0.05, 0) is 33.6 Å². The van der Waals surface area contributed by atoms with E-state index in [-0.39, 0.29) is 24.3 Å². The third-order valence-electron chi connectivity index (χ3n) is 6.52. The number of aliphatic carboxylic acids is 1. The highest BCUT2D eigenvalue weighted by molar-refractivity contribution is 5.90. The Hall–Kier alpha value is -3.63. The molecule has 2 fully saturated rings. The number of fused-ring (bicyclic) bond motifs is 1. The summed E-state index contributed by atoms with van der Waals surface area (Å²) in [5.74, 6) is 0.753. The number of imidazole rings is 1. The number of carboxylic acid groups (broad SMARTS) is 1. The van der Waals surface area contributed by atoms with E-state index in [1.165, 1.54) is 11.2 Å². The van der Waals surface area contributed by atoms with Crippen LogP contribution in [0.4, 0.5) is 5.82 Å². The van der Waals surface area contributed by atoms with E-state index in [4.69, 9.17) is 4.98 Å². The predicted octanol–water partition coefficient (Wildman–Crippen LogP) is 1.88. The van der Waals surface area contributed by atoms with E-state index < -0.39 is 11.5 Å². The summed E-state index contributed by atoms with van der Waals surface area (Å²) >= 11 is 0. The second kappa shape index (κ2) is 7.75. The summed E-state index contributed by atoms with van der Waals surface area (Å²) in [5.41, 5.74) is 0.762. The minimum atomic E-state index is -1.25. The monoisotopic (exact) mass is 450 g/mol. The molecule has 11 nitrogen and oxygen atoms in total. The zero-order chi connectivity index (χ0) is 23.3. The van der Waals surface area contributed by atoms with Gasteiger partial charge < -0.3 is 19.9 Å². The molecule has 33 heavy (non-hydrogen) atoms. The first-order valence-electron chi connectivity index (χ1n) is 11.1. The van der Waals surface area contributed by atoms with Gasteiger partial charge in [0.15, 0.2) is 17.0 Å². The Morgan fingerprint density at radius 3 is 2.58 bits per heavy atom. The van der Waals surface area contributed by atoms with Crippen molar-refractivity contribution in [1.29, 1.82) is 0 Å². The van der Waals surface area contributed by atoms with E-state index in [1.54, 1.807) is 19.3 Å². The lowest BCUT2D eigenvalue weighted by molar-refractivity contribution is -0.155.